The third-order valence-electron chi connectivity index (χ3n) is 4.63. The Morgan fingerprint density at radius 1 is 1.43 bits per heavy atom. The molecule has 1 unspecified atom stereocenters. The molecule has 0 radical (unpaired) electrons. The lowest BCUT2D eigenvalue weighted by atomic mass is 9.94. The lowest BCUT2D eigenvalue weighted by molar-refractivity contribution is -0.130. The number of nitrogens with zero attached hydrogens (tertiary/aromatic N) is 3. The number of allylic oxidation sites excluding steroid dienone is 1. The molecule has 148 valence electrons. The molecule has 1 fully saturated rings. The topological polar surface area (TPSA) is 103 Å². The maximum absolute atomic E-state index is 12.2. The first-order chi connectivity index (χ1) is 13.5. The van der Waals surface area contributed by atoms with Crippen molar-refractivity contribution in [3.8, 4) is 6.07 Å². The summed E-state index contributed by atoms with van der Waals surface area (Å²) in [6.07, 6.45) is 5.26. The molecule has 0 spiro atoms. The van der Waals surface area contributed by atoms with Gasteiger partial charge < -0.3 is 15.7 Å². The molecule has 1 amide bonds. The molecular weight excluding hydrogens is 376 g/mol. The number of piperidine rings is 1. The Labute approximate surface area is 170 Å². The second kappa shape index (κ2) is 10.6. The Hall–Kier alpha value is -2.62. The van der Waals surface area contributed by atoms with E-state index in [9.17, 15) is 9.90 Å². The fourth-order valence-electron chi connectivity index (χ4n) is 3.13. The van der Waals surface area contributed by atoms with Gasteiger partial charge in [0.05, 0.1) is 12.2 Å². The van der Waals surface area contributed by atoms with Crippen molar-refractivity contribution in [3.63, 3.8) is 0 Å². The summed E-state index contributed by atoms with van der Waals surface area (Å²) in [4.78, 5) is 18.3. The van der Waals surface area contributed by atoms with Crippen molar-refractivity contribution < 1.29 is 9.90 Å². The van der Waals surface area contributed by atoms with Gasteiger partial charge in [-0.05, 0) is 42.5 Å². The van der Waals surface area contributed by atoms with Crippen LogP contribution in [0.4, 0.5) is 0 Å². The zero-order chi connectivity index (χ0) is 20.5. The zero-order valence-corrected chi connectivity index (χ0v) is 16.5. The smallest absolute Gasteiger partial charge is 0.244 e. The number of likely N-dealkylation sites (tertiary alicyclic amines) is 1. The average Bonchev–Trinajstić information content (AvgIpc) is 2.71. The summed E-state index contributed by atoms with van der Waals surface area (Å²) in [5.74, 6) is -0.0102. The van der Waals surface area contributed by atoms with Crippen LogP contribution in [0, 0.1) is 11.3 Å². The predicted molar refractivity (Wildman–Crippen MR) is 112 cm³/mol. The summed E-state index contributed by atoms with van der Waals surface area (Å²) in [6, 6.07) is 6.94. The fraction of sp³-hybridized carbons (Fsp3) is 0.381. The molecule has 1 aliphatic heterocycles. The summed E-state index contributed by atoms with van der Waals surface area (Å²) in [7, 11) is 0. The van der Waals surface area contributed by atoms with E-state index in [1.165, 1.54) is 12.4 Å². The summed E-state index contributed by atoms with van der Waals surface area (Å²) < 4.78 is 0. The Kier molecular flexibility index (Phi) is 8.24. The summed E-state index contributed by atoms with van der Waals surface area (Å²) in [6.45, 7) is 5.21. The number of rotatable bonds is 7. The van der Waals surface area contributed by atoms with Crippen molar-refractivity contribution in [2.75, 3.05) is 19.6 Å². The number of carbonyl (C=O) groups excluding carboxylic acids is 1. The molecule has 0 bridgehead atoms. The van der Waals surface area contributed by atoms with Crippen LogP contribution in [0.3, 0.4) is 0 Å². The number of aliphatic hydroxyl groups excluding tert-OH is 1. The lowest BCUT2D eigenvalue weighted by Crippen LogP contribution is -2.37. The van der Waals surface area contributed by atoms with Gasteiger partial charge >= 0.3 is 0 Å². The number of nitriles is 1. The lowest BCUT2D eigenvalue weighted by Gasteiger charge is -2.26. The van der Waals surface area contributed by atoms with Crippen molar-refractivity contribution in [1.82, 2.24) is 4.90 Å². The largest absolute Gasteiger partial charge is 0.404 e. The highest BCUT2D eigenvalue weighted by Crippen LogP contribution is 2.30. The molecule has 1 atom stereocenters. The number of benzene rings is 1. The maximum Gasteiger partial charge on any atom is 0.244 e. The average molecular weight is 401 g/mol. The first kappa shape index (κ1) is 21.7. The number of amides is 1. The molecule has 0 aromatic heterocycles. The SMILES string of the molecule is C=C(C#N)CC(O)c1ccc(Cl)cc1/C(C=NCC(=O)N1CCCCC1)=C/N. The normalized spacial score (nSPS) is 16.0. The minimum absolute atomic E-state index is 0.0102. The third kappa shape index (κ3) is 5.95. The first-order valence-corrected chi connectivity index (χ1v) is 9.59. The molecule has 6 nitrogen and oxygen atoms in total. The molecule has 1 heterocycles. The van der Waals surface area contributed by atoms with Crippen LogP contribution in [0.15, 0.2) is 41.5 Å². The highest BCUT2D eigenvalue weighted by atomic mass is 35.5. The molecule has 1 aliphatic rings. The molecule has 2 rings (SSSR count). The van der Waals surface area contributed by atoms with E-state index in [0.29, 0.717) is 21.7 Å². The Morgan fingerprint density at radius 3 is 2.79 bits per heavy atom. The Balaban J connectivity index is 2.16. The van der Waals surface area contributed by atoms with Crippen molar-refractivity contribution in [2.45, 2.75) is 31.8 Å². The number of aliphatic hydroxyl groups is 1. The number of halogens is 1. The van der Waals surface area contributed by atoms with Crippen LogP contribution in [0.2, 0.25) is 5.02 Å². The van der Waals surface area contributed by atoms with Crippen molar-refractivity contribution in [3.05, 3.63) is 52.7 Å². The van der Waals surface area contributed by atoms with Crippen LogP contribution >= 0.6 is 11.6 Å². The van der Waals surface area contributed by atoms with Gasteiger partial charge in [0.25, 0.3) is 0 Å². The van der Waals surface area contributed by atoms with Gasteiger partial charge in [0, 0.05) is 48.1 Å². The van der Waals surface area contributed by atoms with Gasteiger partial charge in [-0.25, -0.2) is 0 Å². The molecule has 3 N–H and O–H groups in total. The van der Waals surface area contributed by atoms with Crippen molar-refractivity contribution >= 4 is 29.3 Å². The highest BCUT2D eigenvalue weighted by molar-refractivity contribution is 6.31. The Bertz CT molecular complexity index is 820. The molecule has 0 aliphatic carbocycles. The Morgan fingerprint density at radius 2 is 2.14 bits per heavy atom. The van der Waals surface area contributed by atoms with Gasteiger partial charge in [-0.15, -0.1) is 0 Å². The number of aliphatic imine (C=N–C) groups is 1. The van der Waals surface area contributed by atoms with Crippen molar-refractivity contribution in [1.29, 1.82) is 5.26 Å². The van der Waals surface area contributed by atoms with Gasteiger partial charge in [-0.3, -0.25) is 9.79 Å². The van der Waals surface area contributed by atoms with Crippen molar-refractivity contribution in [2.24, 2.45) is 10.7 Å². The van der Waals surface area contributed by atoms with E-state index in [-0.39, 0.29) is 24.4 Å². The van der Waals surface area contributed by atoms with E-state index in [1.807, 2.05) is 11.0 Å². The van der Waals surface area contributed by atoms with Crippen LogP contribution in [-0.2, 0) is 4.79 Å². The van der Waals surface area contributed by atoms with Crippen LogP contribution in [-0.4, -0.2) is 41.8 Å². The quantitative estimate of drug-likeness (QED) is 0.541. The van der Waals surface area contributed by atoms with Gasteiger partial charge in [0.2, 0.25) is 5.91 Å². The third-order valence-corrected chi connectivity index (χ3v) is 4.86. The second-order valence-corrected chi connectivity index (χ2v) is 7.14. The summed E-state index contributed by atoms with van der Waals surface area (Å²) in [5, 5.41) is 19.9. The van der Waals surface area contributed by atoms with Crippen LogP contribution < -0.4 is 5.73 Å². The maximum atomic E-state index is 12.2. The van der Waals surface area contributed by atoms with Gasteiger partial charge in [-0.2, -0.15) is 5.26 Å². The number of carbonyl (C=O) groups is 1. The minimum Gasteiger partial charge on any atom is -0.404 e. The molecule has 7 heteroatoms. The number of nitrogens with two attached hydrogens (primary N) is 1. The molecule has 1 aromatic rings. The first-order valence-electron chi connectivity index (χ1n) is 9.21. The van der Waals surface area contributed by atoms with E-state index >= 15 is 0 Å². The fourth-order valence-corrected chi connectivity index (χ4v) is 3.30. The summed E-state index contributed by atoms with van der Waals surface area (Å²) in [5.41, 5.74) is 7.73. The highest BCUT2D eigenvalue weighted by Gasteiger charge is 2.17. The monoisotopic (exact) mass is 400 g/mol. The van der Waals surface area contributed by atoms with Crippen LogP contribution in [0.25, 0.3) is 5.57 Å². The second-order valence-electron chi connectivity index (χ2n) is 6.70. The summed E-state index contributed by atoms with van der Waals surface area (Å²) >= 11 is 6.12. The van der Waals surface area contributed by atoms with E-state index in [2.05, 4.69) is 11.6 Å². The standard InChI is InChI=1S/C21H25ClN4O2/c1-15(11-23)9-20(27)18-6-5-17(22)10-19(18)16(12-24)13-25-14-21(28)26-7-3-2-4-8-26/h5-6,10,12-13,20,27H,1-4,7-9,14,24H2/b16-12+,25-13?. The van der Waals surface area contributed by atoms with E-state index in [4.69, 9.17) is 22.6 Å². The van der Waals surface area contributed by atoms with E-state index < -0.39 is 6.10 Å². The van der Waals surface area contributed by atoms with Gasteiger partial charge in [-0.1, -0.05) is 24.2 Å². The van der Waals surface area contributed by atoms with Gasteiger partial charge in [0.1, 0.15) is 6.54 Å². The minimum atomic E-state index is -0.933. The molecule has 28 heavy (non-hydrogen) atoms. The molecular formula is C21H25ClN4O2. The molecule has 0 saturated carbocycles. The predicted octanol–water partition coefficient (Wildman–Crippen LogP) is 3.23. The number of hydrogen-bond donors (Lipinski definition) is 2. The van der Waals surface area contributed by atoms with Crippen LogP contribution in [0.1, 0.15) is 42.9 Å². The van der Waals surface area contributed by atoms with E-state index in [0.717, 1.165) is 32.4 Å². The molecule has 1 aromatic carbocycles. The molecule has 1 saturated heterocycles. The zero-order valence-electron chi connectivity index (χ0n) is 15.8. The van der Waals surface area contributed by atoms with E-state index in [1.54, 1.807) is 18.2 Å². The number of hydrogen-bond acceptors (Lipinski definition) is 5. The van der Waals surface area contributed by atoms with Gasteiger partial charge in [0.15, 0.2) is 0 Å². The van der Waals surface area contributed by atoms with Crippen LogP contribution in [0.5, 0.6) is 0 Å².